The van der Waals surface area contributed by atoms with Gasteiger partial charge in [-0.3, -0.25) is 4.79 Å². The van der Waals surface area contributed by atoms with Gasteiger partial charge in [0, 0.05) is 17.1 Å². The smallest absolute Gasteiger partial charge is 0.253 e. The van der Waals surface area contributed by atoms with Crippen LogP contribution < -0.4 is 19.5 Å². The zero-order chi connectivity index (χ0) is 25.9. The van der Waals surface area contributed by atoms with Gasteiger partial charge in [0.05, 0.1) is 51.4 Å². The molecule has 0 spiro atoms. The van der Waals surface area contributed by atoms with Gasteiger partial charge in [0.1, 0.15) is 5.52 Å². The summed E-state index contributed by atoms with van der Waals surface area (Å²) in [4.78, 5) is 24.2. The summed E-state index contributed by atoms with van der Waals surface area (Å²) in [5.74, 6) is 1.17. The van der Waals surface area contributed by atoms with E-state index in [2.05, 4.69) is 20.3 Å². The molecule has 3 aromatic carbocycles. The number of fused-ring (bicyclic) bond motifs is 2. The van der Waals surface area contributed by atoms with Crippen molar-refractivity contribution in [1.29, 1.82) is 0 Å². The molecule has 37 heavy (non-hydrogen) atoms. The van der Waals surface area contributed by atoms with Gasteiger partial charge in [0.2, 0.25) is 5.75 Å². The van der Waals surface area contributed by atoms with E-state index in [4.69, 9.17) is 14.2 Å². The lowest BCUT2D eigenvalue weighted by atomic mass is 9.99. The molecule has 0 radical (unpaired) electrons. The number of aromatic amines is 2. The number of rotatable bonds is 9. The molecule has 5 rings (SSSR count). The zero-order valence-electron chi connectivity index (χ0n) is 20.8. The number of nitrogens with one attached hydrogen (secondary N) is 3. The molecule has 9 nitrogen and oxygen atoms in total. The number of ether oxygens (including phenoxy) is 3. The molecule has 0 aliphatic heterocycles. The molecule has 0 unspecified atom stereocenters. The summed E-state index contributed by atoms with van der Waals surface area (Å²) in [6, 6.07) is 14.8. The summed E-state index contributed by atoms with van der Waals surface area (Å²) in [5.41, 5.74) is 5.20. The highest BCUT2D eigenvalue weighted by Crippen LogP contribution is 2.41. The van der Waals surface area contributed by atoms with E-state index < -0.39 is 6.04 Å². The van der Waals surface area contributed by atoms with Gasteiger partial charge in [-0.05, 0) is 53.4 Å². The summed E-state index contributed by atoms with van der Waals surface area (Å²) in [6.45, 7) is -0.207. The first kappa shape index (κ1) is 24.2. The maximum atomic E-state index is 13.5. The molecule has 190 valence electrons. The Labute approximate surface area is 213 Å². The maximum Gasteiger partial charge on any atom is 0.253 e. The molecule has 0 saturated carbocycles. The number of H-pyrrole nitrogens is 2. The Morgan fingerprint density at radius 2 is 1.70 bits per heavy atom. The third-order valence-corrected chi connectivity index (χ3v) is 6.46. The average Bonchev–Trinajstić information content (AvgIpc) is 3.58. The minimum absolute atomic E-state index is 0.207. The quantitative estimate of drug-likeness (QED) is 0.242. The summed E-state index contributed by atoms with van der Waals surface area (Å²) in [6.07, 6.45) is 3.94. The lowest BCUT2D eigenvalue weighted by Gasteiger charge is -2.17. The van der Waals surface area contributed by atoms with E-state index in [1.165, 1.54) is 0 Å². The zero-order valence-corrected chi connectivity index (χ0v) is 20.8. The van der Waals surface area contributed by atoms with E-state index in [9.17, 15) is 9.90 Å². The first-order valence-corrected chi connectivity index (χ1v) is 11.8. The van der Waals surface area contributed by atoms with Crippen LogP contribution in [0.1, 0.15) is 15.9 Å². The standard InChI is InChI=1S/C28H28N4O5/c1-35-24-11-17(12-25(36-2)27(24)37-3)16-9-21(26-23(10-16)30-15-31-26)28(34)32-19(14-33)8-18-13-29-22-7-5-4-6-20(18)22/h4-7,9-13,15,19,29,33H,8,14H2,1-3H3,(H,30,31)(H,32,34)/t19-/m1/s1. The van der Waals surface area contributed by atoms with E-state index >= 15 is 0 Å². The topological polar surface area (TPSA) is 121 Å². The van der Waals surface area contributed by atoms with E-state index in [0.717, 1.165) is 27.6 Å². The van der Waals surface area contributed by atoms with Gasteiger partial charge in [-0.25, -0.2) is 4.98 Å². The van der Waals surface area contributed by atoms with E-state index in [1.807, 2.05) is 48.7 Å². The Morgan fingerprint density at radius 1 is 0.973 bits per heavy atom. The number of para-hydroxylation sites is 1. The van der Waals surface area contributed by atoms with Gasteiger partial charge in [-0.1, -0.05) is 18.2 Å². The lowest BCUT2D eigenvalue weighted by Crippen LogP contribution is -2.39. The molecule has 1 atom stereocenters. The fourth-order valence-electron chi connectivity index (χ4n) is 4.63. The van der Waals surface area contributed by atoms with E-state index in [0.29, 0.717) is 40.3 Å². The number of amides is 1. The first-order valence-electron chi connectivity index (χ1n) is 11.8. The van der Waals surface area contributed by atoms with Crippen LogP contribution in [0.2, 0.25) is 0 Å². The molecule has 4 N–H and O–H groups in total. The SMILES string of the molecule is COc1cc(-c2cc(C(=O)N[C@@H](CO)Cc3c[nH]c4ccccc34)c3nc[nH]c3c2)cc(OC)c1OC. The molecule has 9 heteroatoms. The van der Waals surface area contributed by atoms with Crippen LogP contribution in [0.25, 0.3) is 33.1 Å². The van der Waals surface area contributed by atoms with Gasteiger partial charge in [0.25, 0.3) is 5.91 Å². The van der Waals surface area contributed by atoms with Crippen molar-refractivity contribution < 1.29 is 24.1 Å². The molecule has 5 aromatic rings. The second kappa shape index (κ2) is 10.2. The van der Waals surface area contributed by atoms with Crippen molar-refractivity contribution in [2.24, 2.45) is 0 Å². The molecule has 0 saturated heterocycles. The number of benzene rings is 3. The number of aliphatic hydroxyl groups is 1. The van der Waals surface area contributed by atoms with Crippen molar-refractivity contribution in [2.45, 2.75) is 12.5 Å². The molecule has 2 heterocycles. The van der Waals surface area contributed by atoms with Crippen molar-refractivity contribution in [3.63, 3.8) is 0 Å². The number of hydrogen-bond donors (Lipinski definition) is 4. The largest absolute Gasteiger partial charge is 0.493 e. The summed E-state index contributed by atoms with van der Waals surface area (Å²) >= 11 is 0. The number of nitrogens with zero attached hydrogens (tertiary/aromatic N) is 1. The Morgan fingerprint density at radius 3 is 2.41 bits per heavy atom. The number of methoxy groups -OCH3 is 3. The number of aromatic nitrogens is 3. The van der Waals surface area contributed by atoms with Crippen LogP contribution in [0, 0.1) is 0 Å². The Balaban J connectivity index is 1.49. The van der Waals surface area contributed by atoms with E-state index in [1.54, 1.807) is 33.7 Å². The third kappa shape index (κ3) is 4.56. The monoisotopic (exact) mass is 500 g/mol. The van der Waals surface area contributed by atoms with Crippen LogP contribution in [0.5, 0.6) is 17.2 Å². The minimum Gasteiger partial charge on any atom is -0.493 e. The Hall–Kier alpha value is -4.50. The van der Waals surface area contributed by atoms with Gasteiger partial charge in [-0.2, -0.15) is 0 Å². The number of imidazole rings is 1. The number of carbonyl (C=O) groups is 1. The molecule has 0 fully saturated rings. The van der Waals surface area contributed by atoms with Crippen molar-refractivity contribution in [2.75, 3.05) is 27.9 Å². The van der Waals surface area contributed by atoms with Gasteiger partial charge < -0.3 is 34.6 Å². The average molecular weight is 501 g/mol. The highest BCUT2D eigenvalue weighted by molar-refractivity contribution is 6.06. The summed E-state index contributed by atoms with van der Waals surface area (Å²) < 4.78 is 16.4. The number of aliphatic hydroxyl groups excluding tert-OH is 1. The summed E-state index contributed by atoms with van der Waals surface area (Å²) in [7, 11) is 4.66. The van der Waals surface area contributed by atoms with Crippen molar-refractivity contribution >= 4 is 27.8 Å². The lowest BCUT2D eigenvalue weighted by molar-refractivity contribution is 0.0918. The van der Waals surface area contributed by atoms with Crippen molar-refractivity contribution in [3.8, 4) is 28.4 Å². The molecule has 0 aliphatic carbocycles. The second-order valence-corrected chi connectivity index (χ2v) is 8.65. The Bertz CT molecular complexity index is 1550. The van der Waals surface area contributed by atoms with Gasteiger partial charge >= 0.3 is 0 Å². The normalized spacial score (nSPS) is 12.0. The molecular formula is C28H28N4O5. The van der Waals surface area contributed by atoms with Crippen LogP contribution >= 0.6 is 0 Å². The van der Waals surface area contributed by atoms with Gasteiger partial charge in [0.15, 0.2) is 11.5 Å². The highest BCUT2D eigenvalue weighted by atomic mass is 16.5. The van der Waals surface area contributed by atoms with Crippen LogP contribution in [0.4, 0.5) is 0 Å². The van der Waals surface area contributed by atoms with Crippen molar-refractivity contribution in [3.05, 3.63) is 72.2 Å². The third-order valence-electron chi connectivity index (χ3n) is 6.46. The van der Waals surface area contributed by atoms with Crippen LogP contribution in [-0.2, 0) is 6.42 Å². The molecule has 0 aliphatic rings. The second-order valence-electron chi connectivity index (χ2n) is 8.65. The molecule has 1 amide bonds. The highest BCUT2D eigenvalue weighted by Gasteiger charge is 2.21. The Kier molecular flexibility index (Phi) is 6.70. The number of hydrogen-bond acceptors (Lipinski definition) is 6. The fraction of sp³-hybridized carbons (Fsp3) is 0.214. The first-order chi connectivity index (χ1) is 18.1. The fourth-order valence-corrected chi connectivity index (χ4v) is 4.63. The minimum atomic E-state index is -0.481. The van der Waals surface area contributed by atoms with Crippen LogP contribution in [0.3, 0.4) is 0 Å². The predicted octanol–water partition coefficient (Wildman–Crippen LogP) is 4.07. The van der Waals surface area contributed by atoms with Gasteiger partial charge in [-0.15, -0.1) is 0 Å². The molecular weight excluding hydrogens is 472 g/mol. The van der Waals surface area contributed by atoms with E-state index in [-0.39, 0.29) is 12.5 Å². The molecule has 0 bridgehead atoms. The van der Waals surface area contributed by atoms with Crippen LogP contribution in [-0.4, -0.2) is 59.9 Å². The predicted molar refractivity (Wildman–Crippen MR) is 142 cm³/mol. The number of carbonyl (C=O) groups excluding carboxylic acids is 1. The summed E-state index contributed by atoms with van der Waals surface area (Å²) in [5, 5.41) is 14.1. The maximum absolute atomic E-state index is 13.5. The molecule has 2 aromatic heterocycles. The van der Waals surface area contributed by atoms with Crippen molar-refractivity contribution in [1.82, 2.24) is 20.3 Å². The van der Waals surface area contributed by atoms with Crippen LogP contribution in [0.15, 0.2) is 61.1 Å².